The zero-order valence-corrected chi connectivity index (χ0v) is 11.7. The molecule has 0 fully saturated rings. The number of hydrogen-bond donors (Lipinski definition) is 0. The Morgan fingerprint density at radius 3 is 2.20 bits per heavy atom. The second kappa shape index (κ2) is 9.42. The maximum atomic E-state index is 11.4. The van der Waals surface area contributed by atoms with Gasteiger partial charge in [-0.3, -0.25) is 4.57 Å². The molecular formula is C12H27O2P. The highest BCUT2D eigenvalue weighted by atomic mass is 31.1. The fourth-order valence-electron chi connectivity index (χ4n) is 1.33. The van der Waals surface area contributed by atoms with Gasteiger partial charge in [-0.25, -0.2) is 0 Å². The number of rotatable bonds is 9. The topological polar surface area (TPSA) is 26.3 Å². The van der Waals surface area contributed by atoms with Gasteiger partial charge in [-0.1, -0.05) is 47.0 Å². The summed E-state index contributed by atoms with van der Waals surface area (Å²) in [5, 5.41) is 0. The van der Waals surface area contributed by atoms with Crippen molar-refractivity contribution < 1.29 is 9.09 Å². The van der Waals surface area contributed by atoms with E-state index in [-0.39, 0.29) is 0 Å². The molecule has 0 radical (unpaired) electrons. The van der Waals surface area contributed by atoms with Crippen LogP contribution in [0.15, 0.2) is 0 Å². The fourth-order valence-corrected chi connectivity index (χ4v) is 2.53. The standard InChI is InChI=1S/C12H27O2P/c1-11(2)8-6-5-7-9-15(13)14-10-12(3)4/h11-12,15H,5-10H2,1-4H3. The maximum absolute atomic E-state index is 11.4. The van der Waals surface area contributed by atoms with Crippen molar-refractivity contribution in [1.82, 2.24) is 0 Å². The normalized spacial score (nSPS) is 13.7. The molecule has 2 nitrogen and oxygen atoms in total. The predicted octanol–water partition coefficient (Wildman–Crippen LogP) is 4.35. The van der Waals surface area contributed by atoms with Gasteiger partial charge in [-0.15, -0.1) is 0 Å². The summed E-state index contributed by atoms with van der Waals surface area (Å²) in [4.78, 5) is 0. The molecule has 0 aromatic rings. The second-order valence-corrected chi connectivity index (χ2v) is 6.60. The molecular weight excluding hydrogens is 207 g/mol. The van der Waals surface area contributed by atoms with Crippen molar-refractivity contribution in [3.05, 3.63) is 0 Å². The third-order valence-corrected chi connectivity index (χ3v) is 3.49. The molecule has 0 aliphatic heterocycles. The third kappa shape index (κ3) is 12.1. The van der Waals surface area contributed by atoms with Gasteiger partial charge in [0.25, 0.3) is 0 Å². The molecule has 1 atom stereocenters. The molecule has 0 amide bonds. The van der Waals surface area contributed by atoms with Crippen LogP contribution in [-0.4, -0.2) is 12.8 Å². The van der Waals surface area contributed by atoms with E-state index in [2.05, 4.69) is 27.7 Å². The van der Waals surface area contributed by atoms with Gasteiger partial charge < -0.3 is 4.52 Å². The van der Waals surface area contributed by atoms with Crippen LogP contribution >= 0.6 is 8.03 Å². The van der Waals surface area contributed by atoms with Crippen molar-refractivity contribution in [3.8, 4) is 0 Å². The number of hydrogen-bond acceptors (Lipinski definition) is 2. The zero-order valence-electron chi connectivity index (χ0n) is 10.7. The van der Waals surface area contributed by atoms with Crippen LogP contribution in [0.1, 0.15) is 53.4 Å². The predicted molar refractivity (Wildman–Crippen MR) is 68.0 cm³/mol. The van der Waals surface area contributed by atoms with Crippen LogP contribution in [0.5, 0.6) is 0 Å². The van der Waals surface area contributed by atoms with E-state index < -0.39 is 8.03 Å². The van der Waals surface area contributed by atoms with Crippen LogP contribution in [0.4, 0.5) is 0 Å². The first-order valence-corrected chi connectivity index (χ1v) is 7.70. The lowest BCUT2D eigenvalue weighted by atomic mass is 10.1. The molecule has 1 unspecified atom stereocenters. The van der Waals surface area contributed by atoms with E-state index in [1.165, 1.54) is 19.3 Å². The molecule has 0 aromatic carbocycles. The molecule has 0 saturated heterocycles. The van der Waals surface area contributed by atoms with Crippen molar-refractivity contribution in [2.75, 3.05) is 12.8 Å². The Morgan fingerprint density at radius 1 is 1.00 bits per heavy atom. The highest BCUT2D eigenvalue weighted by Crippen LogP contribution is 2.25. The van der Waals surface area contributed by atoms with Crippen molar-refractivity contribution >= 4 is 8.03 Å². The van der Waals surface area contributed by atoms with E-state index in [9.17, 15) is 4.57 Å². The fraction of sp³-hybridized carbons (Fsp3) is 1.00. The van der Waals surface area contributed by atoms with Crippen molar-refractivity contribution in [2.24, 2.45) is 11.8 Å². The first kappa shape index (κ1) is 15.2. The average molecular weight is 234 g/mol. The number of unbranched alkanes of at least 4 members (excludes halogenated alkanes) is 2. The van der Waals surface area contributed by atoms with E-state index in [0.29, 0.717) is 12.5 Å². The lowest BCUT2D eigenvalue weighted by molar-refractivity contribution is 0.282. The van der Waals surface area contributed by atoms with E-state index >= 15 is 0 Å². The third-order valence-electron chi connectivity index (χ3n) is 2.24. The molecule has 92 valence electrons. The van der Waals surface area contributed by atoms with Crippen LogP contribution in [0.3, 0.4) is 0 Å². The van der Waals surface area contributed by atoms with Gasteiger partial charge in [0.05, 0.1) is 6.61 Å². The van der Waals surface area contributed by atoms with Gasteiger partial charge in [-0.2, -0.15) is 0 Å². The summed E-state index contributed by atoms with van der Waals surface area (Å²) in [5.41, 5.74) is 0. The quantitative estimate of drug-likeness (QED) is 0.438. The van der Waals surface area contributed by atoms with Crippen LogP contribution in [-0.2, 0) is 9.09 Å². The first-order chi connectivity index (χ1) is 7.02. The minimum atomic E-state index is -1.74. The Labute approximate surface area is 95.7 Å². The minimum absolute atomic E-state index is 0.486. The molecule has 0 aliphatic carbocycles. The van der Waals surface area contributed by atoms with Crippen LogP contribution in [0.2, 0.25) is 0 Å². The molecule has 0 N–H and O–H groups in total. The van der Waals surface area contributed by atoms with Crippen LogP contribution in [0.25, 0.3) is 0 Å². The summed E-state index contributed by atoms with van der Waals surface area (Å²) in [6.45, 7) is 9.29. The van der Waals surface area contributed by atoms with Crippen LogP contribution in [0, 0.1) is 11.8 Å². The SMILES string of the molecule is CC(C)CCCCC[PH](=O)OCC(C)C. The summed E-state index contributed by atoms with van der Waals surface area (Å²) < 4.78 is 16.7. The Balaban J connectivity index is 3.24. The smallest absolute Gasteiger partial charge is 0.191 e. The summed E-state index contributed by atoms with van der Waals surface area (Å²) in [7, 11) is -1.74. The molecule has 3 heteroatoms. The summed E-state index contributed by atoms with van der Waals surface area (Å²) in [6.07, 6.45) is 5.57. The van der Waals surface area contributed by atoms with Gasteiger partial charge in [0.1, 0.15) is 0 Å². The monoisotopic (exact) mass is 234 g/mol. The van der Waals surface area contributed by atoms with Gasteiger partial charge >= 0.3 is 0 Å². The summed E-state index contributed by atoms with van der Waals surface area (Å²) in [6, 6.07) is 0. The summed E-state index contributed by atoms with van der Waals surface area (Å²) >= 11 is 0. The molecule has 0 aromatic heterocycles. The molecule has 15 heavy (non-hydrogen) atoms. The van der Waals surface area contributed by atoms with Gasteiger partial charge in [0, 0.05) is 6.16 Å². The Bertz CT molecular complexity index is 167. The molecule has 0 bridgehead atoms. The molecule has 0 saturated carbocycles. The van der Waals surface area contributed by atoms with Gasteiger partial charge in [-0.05, 0) is 18.3 Å². The summed E-state index contributed by atoms with van der Waals surface area (Å²) in [5.74, 6) is 1.28. The van der Waals surface area contributed by atoms with Gasteiger partial charge in [0.15, 0.2) is 8.03 Å². The van der Waals surface area contributed by atoms with E-state index in [0.717, 1.165) is 18.5 Å². The van der Waals surface area contributed by atoms with Crippen molar-refractivity contribution in [2.45, 2.75) is 53.4 Å². The Morgan fingerprint density at radius 2 is 1.67 bits per heavy atom. The van der Waals surface area contributed by atoms with E-state index in [1.807, 2.05) is 0 Å². The van der Waals surface area contributed by atoms with Crippen LogP contribution < -0.4 is 0 Å². The molecule has 0 aliphatic rings. The first-order valence-electron chi connectivity index (χ1n) is 6.18. The molecule has 0 rings (SSSR count). The van der Waals surface area contributed by atoms with E-state index in [4.69, 9.17) is 4.52 Å². The largest absolute Gasteiger partial charge is 0.330 e. The highest BCUT2D eigenvalue weighted by molar-refractivity contribution is 7.39. The Kier molecular flexibility index (Phi) is 9.54. The average Bonchev–Trinajstić information content (AvgIpc) is 2.13. The minimum Gasteiger partial charge on any atom is -0.330 e. The Hall–Kier alpha value is 0.190. The lowest BCUT2D eigenvalue weighted by Crippen LogP contribution is -1.97. The molecule has 0 spiro atoms. The highest BCUT2D eigenvalue weighted by Gasteiger charge is 2.02. The van der Waals surface area contributed by atoms with E-state index in [1.54, 1.807) is 0 Å². The van der Waals surface area contributed by atoms with Crippen molar-refractivity contribution in [3.63, 3.8) is 0 Å². The van der Waals surface area contributed by atoms with Gasteiger partial charge in [0.2, 0.25) is 0 Å². The van der Waals surface area contributed by atoms with Crippen molar-refractivity contribution in [1.29, 1.82) is 0 Å². The molecule has 0 heterocycles. The zero-order chi connectivity index (χ0) is 11.7. The second-order valence-electron chi connectivity index (χ2n) is 5.07. The maximum Gasteiger partial charge on any atom is 0.191 e. The lowest BCUT2D eigenvalue weighted by Gasteiger charge is -2.07.